The number of hydrogen-bond acceptors (Lipinski definition) is 7. The van der Waals surface area contributed by atoms with Crippen molar-refractivity contribution >= 4 is 45.4 Å². The quantitative estimate of drug-likeness (QED) is 0.168. The Morgan fingerprint density at radius 2 is 1.66 bits per heavy atom. The third-order valence-electron chi connectivity index (χ3n) is 5.17. The smallest absolute Gasteiger partial charge is 0.391 e. The highest BCUT2D eigenvalue weighted by Crippen LogP contribution is 2.45. The van der Waals surface area contributed by atoms with Crippen molar-refractivity contribution in [2.45, 2.75) is 10.6 Å². The predicted molar refractivity (Wildman–Crippen MR) is 134 cm³/mol. The van der Waals surface area contributed by atoms with Crippen LogP contribution >= 0.6 is 18.9 Å². The first kappa shape index (κ1) is 25.0. The highest BCUT2D eigenvalue weighted by Gasteiger charge is 2.35. The summed E-state index contributed by atoms with van der Waals surface area (Å²) in [6.07, 6.45) is -0.466. The Bertz CT molecular complexity index is 1490. The number of non-ortho nitro benzene ring substituents is 1. The summed E-state index contributed by atoms with van der Waals surface area (Å²) in [7, 11) is -8.66. The Morgan fingerprint density at radius 3 is 2.34 bits per heavy atom. The first-order valence-corrected chi connectivity index (χ1v) is 14.5. The summed E-state index contributed by atoms with van der Waals surface area (Å²) in [4.78, 5) is 20.8. The third kappa shape index (κ3) is 5.95. The highest BCUT2D eigenvalue weighted by molar-refractivity contribution is 7.91. The Morgan fingerprint density at radius 1 is 1.00 bits per heavy atom. The van der Waals surface area contributed by atoms with E-state index in [0.29, 0.717) is 11.8 Å². The van der Waals surface area contributed by atoms with Crippen LogP contribution in [0.15, 0.2) is 88.5 Å². The fourth-order valence-corrected chi connectivity index (χ4v) is 8.29. The van der Waals surface area contributed by atoms with E-state index < -0.39 is 28.8 Å². The van der Waals surface area contributed by atoms with Gasteiger partial charge in [0, 0.05) is 24.1 Å². The van der Waals surface area contributed by atoms with Crippen molar-refractivity contribution in [3.8, 4) is 5.75 Å². The fraction of sp³-hybridized carbons (Fsp3) is 0.130. The molecule has 4 aromatic rings. The molecule has 4 rings (SSSR count). The molecule has 0 saturated heterocycles. The van der Waals surface area contributed by atoms with Gasteiger partial charge in [0.25, 0.3) is 15.7 Å². The molecule has 182 valence electrons. The van der Waals surface area contributed by atoms with Crippen LogP contribution in [0.2, 0.25) is 0 Å². The van der Waals surface area contributed by atoms with Crippen LogP contribution in [0.1, 0.15) is 5.56 Å². The molecule has 9 nitrogen and oxygen atoms in total. The van der Waals surface area contributed by atoms with Crippen LogP contribution in [0, 0.1) is 10.1 Å². The molecule has 35 heavy (non-hydrogen) atoms. The standard InChI is InChI=1S/C23H21N2O7PS2/c26-25(27)20-10-12-21(13-11-20)32-33(28,29)17-24(15-14-18-6-2-1-3-7-18)35(30,31)23-22-9-5-4-8-19(22)16-34-23/h1-13,16H,14-15,17H2,(H,28,29). The summed E-state index contributed by atoms with van der Waals surface area (Å²) in [6, 6.07) is 20.9. The zero-order valence-electron chi connectivity index (χ0n) is 18.3. The lowest BCUT2D eigenvalue weighted by molar-refractivity contribution is -0.384. The molecule has 0 aliphatic heterocycles. The van der Waals surface area contributed by atoms with Crippen LogP contribution in [0.4, 0.5) is 5.69 Å². The van der Waals surface area contributed by atoms with Gasteiger partial charge in [-0.1, -0.05) is 54.6 Å². The second-order valence-corrected chi connectivity index (χ2v) is 12.4. The maximum atomic E-state index is 13.7. The van der Waals surface area contributed by atoms with Crippen molar-refractivity contribution in [1.82, 2.24) is 4.31 Å². The fourth-order valence-electron chi connectivity index (χ4n) is 3.47. The van der Waals surface area contributed by atoms with Crippen LogP contribution < -0.4 is 4.52 Å². The lowest BCUT2D eigenvalue weighted by Crippen LogP contribution is -2.34. The topological polar surface area (TPSA) is 127 Å². The minimum Gasteiger partial charge on any atom is -0.424 e. The maximum absolute atomic E-state index is 13.7. The first-order chi connectivity index (χ1) is 16.7. The van der Waals surface area contributed by atoms with Crippen molar-refractivity contribution < 1.29 is 27.3 Å². The summed E-state index contributed by atoms with van der Waals surface area (Å²) in [5.41, 5.74) is 0.662. The van der Waals surface area contributed by atoms with Crippen molar-refractivity contribution in [2.24, 2.45) is 0 Å². The van der Waals surface area contributed by atoms with Gasteiger partial charge in [0.1, 0.15) is 16.2 Å². The van der Waals surface area contributed by atoms with E-state index in [-0.39, 0.29) is 22.2 Å². The van der Waals surface area contributed by atoms with E-state index in [4.69, 9.17) is 4.52 Å². The van der Waals surface area contributed by atoms with Gasteiger partial charge in [-0.2, -0.15) is 4.31 Å². The molecular weight excluding hydrogens is 511 g/mol. The van der Waals surface area contributed by atoms with Gasteiger partial charge in [0.2, 0.25) is 0 Å². The molecule has 1 unspecified atom stereocenters. The average molecular weight is 533 g/mol. The van der Waals surface area contributed by atoms with E-state index in [1.807, 2.05) is 30.3 Å². The SMILES string of the molecule is O=[N+]([O-])c1ccc(OP(=O)(O)CN(CCc2ccccc2)S(=O)(=O)c2scc3ccccc23)cc1. The molecule has 0 bridgehead atoms. The third-order valence-corrected chi connectivity index (χ3v) is 9.97. The first-order valence-electron chi connectivity index (χ1n) is 10.4. The number of nitro benzene ring substituents is 1. The van der Waals surface area contributed by atoms with Crippen LogP contribution in [-0.2, 0) is 21.0 Å². The van der Waals surface area contributed by atoms with Gasteiger partial charge in [-0.05, 0) is 34.9 Å². The van der Waals surface area contributed by atoms with E-state index in [1.54, 1.807) is 29.6 Å². The minimum atomic E-state index is -4.51. The normalized spacial score (nSPS) is 13.5. The van der Waals surface area contributed by atoms with Crippen molar-refractivity contribution in [2.75, 3.05) is 12.8 Å². The van der Waals surface area contributed by atoms with Gasteiger partial charge in [-0.3, -0.25) is 10.1 Å². The lowest BCUT2D eigenvalue weighted by atomic mass is 10.2. The summed E-state index contributed by atoms with van der Waals surface area (Å²) in [5, 5.41) is 13.9. The number of nitrogens with zero attached hydrogens (tertiary/aromatic N) is 2. The molecule has 3 aromatic carbocycles. The Hall–Kier alpha value is -3.08. The van der Waals surface area contributed by atoms with Crippen LogP contribution in [-0.4, -0.2) is 35.4 Å². The molecule has 0 saturated carbocycles. The highest BCUT2D eigenvalue weighted by atomic mass is 32.2. The monoisotopic (exact) mass is 532 g/mol. The zero-order chi connectivity index (χ0) is 25.1. The largest absolute Gasteiger partial charge is 0.424 e. The number of hydrogen-bond donors (Lipinski definition) is 1. The molecule has 1 heterocycles. The minimum absolute atomic E-state index is 0.0489. The number of thiophene rings is 1. The van der Waals surface area contributed by atoms with E-state index in [1.165, 1.54) is 12.1 Å². The van der Waals surface area contributed by atoms with Gasteiger partial charge >= 0.3 is 7.60 Å². The second kappa shape index (κ2) is 10.3. The Balaban J connectivity index is 1.63. The van der Waals surface area contributed by atoms with Crippen LogP contribution in [0.25, 0.3) is 10.8 Å². The molecule has 0 spiro atoms. The maximum Gasteiger partial charge on any atom is 0.391 e. The molecule has 0 amide bonds. The van der Waals surface area contributed by atoms with Gasteiger partial charge in [0.15, 0.2) is 0 Å². The molecule has 0 aliphatic carbocycles. The van der Waals surface area contributed by atoms with Gasteiger partial charge in [-0.25, -0.2) is 13.0 Å². The number of benzene rings is 3. The second-order valence-electron chi connectivity index (χ2n) is 7.65. The molecule has 1 atom stereocenters. The van der Waals surface area contributed by atoms with Crippen LogP contribution in [0.5, 0.6) is 5.75 Å². The number of rotatable bonds is 10. The molecule has 1 N–H and O–H groups in total. The Kier molecular flexibility index (Phi) is 7.34. The predicted octanol–water partition coefficient (Wildman–Crippen LogP) is 5.26. The summed E-state index contributed by atoms with van der Waals surface area (Å²) in [5.74, 6) is -0.0802. The molecule has 12 heteroatoms. The van der Waals surface area contributed by atoms with Crippen LogP contribution in [0.3, 0.4) is 0 Å². The molecule has 1 aromatic heterocycles. The lowest BCUT2D eigenvalue weighted by Gasteiger charge is -2.24. The molecule has 0 aliphatic rings. The van der Waals surface area contributed by atoms with Crippen molar-refractivity contribution in [1.29, 1.82) is 0 Å². The summed E-state index contributed by atoms with van der Waals surface area (Å²) < 4.78 is 46.6. The van der Waals surface area contributed by atoms with E-state index in [0.717, 1.165) is 38.7 Å². The average Bonchev–Trinajstić information content (AvgIpc) is 3.27. The van der Waals surface area contributed by atoms with Gasteiger partial charge < -0.3 is 9.42 Å². The molecule has 0 fully saturated rings. The van der Waals surface area contributed by atoms with Crippen molar-refractivity contribution in [3.63, 3.8) is 0 Å². The van der Waals surface area contributed by atoms with Crippen molar-refractivity contribution in [3.05, 3.63) is 99.9 Å². The molecule has 0 radical (unpaired) electrons. The summed E-state index contributed by atoms with van der Waals surface area (Å²) >= 11 is 1.05. The summed E-state index contributed by atoms with van der Waals surface area (Å²) in [6.45, 7) is -0.0489. The van der Waals surface area contributed by atoms with E-state index in [2.05, 4.69) is 0 Å². The zero-order valence-corrected chi connectivity index (χ0v) is 20.8. The van der Waals surface area contributed by atoms with Gasteiger partial charge in [0.05, 0.1) is 4.92 Å². The Labute approximate surface area is 206 Å². The van der Waals surface area contributed by atoms with E-state index in [9.17, 15) is 28.0 Å². The number of fused-ring (bicyclic) bond motifs is 1. The van der Waals surface area contributed by atoms with E-state index >= 15 is 0 Å². The number of sulfonamides is 1. The molecular formula is C23H21N2O7PS2. The van der Waals surface area contributed by atoms with Gasteiger partial charge in [-0.15, -0.1) is 11.3 Å². The number of nitro groups is 1.